The fourth-order valence-electron chi connectivity index (χ4n) is 4.07. The Morgan fingerprint density at radius 2 is 1.48 bits per heavy atom. The minimum absolute atomic E-state index is 0.0805. The molecule has 1 saturated carbocycles. The van der Waals surface area contributed by atoms with Crippen molar-refractivity contribution in [3.8, 4) is 5.75 Å². The van der Waals surface area contributed by atoms with E-state index in [0.717, 1.165) is 25.5 Å². The summed E-state index contributed by atoms with van der Waals surface area (Å²) in [4.78, 5) is -0.614. The molecule has 0 spiro atoms. The number of hydrogen-bond acceptors (Lipinski definition) is 7. The van der Waals surface area contributed by atoms with Gasteiger partial charge in [0.2, 0.25) is 19.9 Å². The van der Waals surface area contributed by atoms with Crippen LogP contribution in [0.25, 0.3) is 0 Å². The zero-order valence-corrected chi connectivity index (χ0v) is 21.3. The van der Waals surface area contributed by atoms with Gasteiger partial charge in [-0.3, -0.25) is 0 Å². The first-order chi connectivity index (χ1) is 15.4. The van der Waals surface area contributed by atoms with Crippen molar-refractivity contribution in [1.82, 2.24) is 4.72 Å². The van der Waals surface area contributed by atoms with E-state index in [0.29, 0.717) is 18.4 Å². The summed E-state index contributed by atoms with van der Waals surface area (Å²) in [6, 6.07) is 9.15. The van der Waals surface area contributed by atoms with Crippen LogP contribution in [0, 0.1) is 0 Å². The summed E-state index contributed by atoms with van der Waals surface area (Å²) < 4.78 is 84.4. The molecule has 0 bridgehead atoms. The first-order valence-corrected chi connectivity index (χ1v) is 15.5. The second-order valence-electron chi connectivity index (χ2n) is 8.30. The molecule has 0 aromatic heterocycles. The Morgan fingerprint density at radius 1 is 0.879 bits per heavy atom. The van der Waals surface area contributed by atoms with Crippen molar-refractivity contribution in [3.63, 3.8) is 0 Å². The van der Waals surface area contributed by atoms with Gasteiger partial charge in [0.25, 0.3) is 0 Å². The molecule has 8 nitrogen and oxygen atoms in total. The SMILES string of the molecule is COc1ccc(S(=O)(=O)c2ccc([C@H](C)NS(C)(=O)=O)cc2)c(S(=O)(=O)C2CCCCC2)c1. The zero-order valence-electron chi connectivity index (χ0n) is 18.8. The molecule has 2 aromatic carbocycles. The summed E-state index contributed by atoms with van der Waals surface area (Å²) in [6.45, 7) is 1.64. The van der Waals surface area contributed by atoms with Gasteiger partial charge >= 0.3 is 0 Å². The molecule has 0 unspecified atom stereocenters. The molecule has 1 fully saturated rings. The molecule has 0 aliphatic heterocycles. The maximum absolute atomic E-state index is 13.5. The lowest BCUT2D eigenvalue weighted by Gasteiger charge is -2.23. The van der Waals surface area contributed by atoms with Crippen LogP contribution in [0.4, 0.5) is 0 Å². The molecule has 1 aliphatic carbocycles. The summed E-state index contributed by atoms with van der Waals surface area (Å²) in [5.41, 5.74) is 0.573. The molecular formula is C22H29NO7S3. The Kier molecular flexibility index (Phi) is 7.57. The lowest BCUT2D eigenvalue weighted by Crippen LogP contribution is -2.26. The van der Waals surface area contributed by atoms with Crippen LogP contribution in [-0.4, -0.2) is 43.9 Å². The third-order valence-electron chi connectivity index (χ3n) is 5.82. The molecule has 33 heavy (non-hydrogen) atoms. The molecule has 0 amide bonds. The maximum atomic E-state index is 13.5. The second-order valence-corrected chi connectivity index (χ2v) is 14.2. The highest BCUT2D eigenvalue weighted by molar-refractivity contribution is 7.95. The quantitative estimate of drug-likeness (QED) is 0.572. The summed E-state index contributed by atoms with van der Waals surface area (Å²) in [5, 5.41) is -0.627. The number of benzene rings is 2. The summed E-state index contributed by atoms with van der Waals surface area (Å²) in [5.74, 6) is 0.263. The van der Waals surface area contributed by atoms with E-state index < -0.39 is 41.0 Å². The van der Waals surface area contributed by atoms with Crippen LogP contribution in [0.15, 0.2) is 57.2 Å². The van der Waals surface area contributed by atoms with E-state index in [-0.39, 0.29) is 20.4 Å². The van der Waals surface area contributed by atoms with Gasteiger partial charge in [-0.1, -0.05) is 31.4 Å². The summed E-state index contributed by atoms with van der Waals surface area (Å²) in [6.07, 6.45) is 4.58. The molecule has 0 radical (unpaired) electrons. The van der Waals surface area contributed by atoms with E-state index in [4.69, 9.17) is 4.74 Å². The smallest absolute Gasteiger partial charge is 0.209 e. The van der Waals surface area contributed by atoms with Crippen molar-refractivity contribution in [2.45, 2.75) is 65.0 Å². The molecule has 2 aromatic rings. The number of methoxy groups -OCH3 is 1. The Balaban J connectivity index is 2.05. The molecule has 1 atom stereocenters. The van der Waals surface area contributed by atoms with Crippen LogP contribution in [0.1, 0.15) is 50.6 Å². The fraction of sp³-hybridized carbons (Fsp3) is 0.455. The normalized spacial score (nSPS) is 16.9. The molecule has 182 valence electrons. The van der Waals surface area contributed by atoms with Crippen LogP contribution in [-0.2, 0) is 29.7 Å². The Bertz CT molecular complexity index is 1310. The van der Waals surface area contributed by atoms with E-state index >= 15 is 0 Å². The molecule has 11 heteroatoms. The number of rotatable bonds is 8. The van der Waals surface area contributed by atoms with E-state index in [9.17, 15) is 25.3 Å². The van der Waals surface area contributed by atoms with E-state index in [1.807, 2.05) is 0 Å². The first kappa shape index (κ1) is 25.7. The Morgan fingerprint density at radius 3 is 2.03 bits per heavy atom. The van der Waals surface area contributed by atoms with Crippen molar-refractivity contribution >= 4 is 29.7 Å². The van der Waals surface area contributed by atoms with Crippen LogP contribution >= 0.6 is 0 Å². The molecule has 0 heterocycles. The van der Waals surface area contributed by atoms with Crippen molar-refractivity contribution in [2.24, 2.45) is 0 Å². The zero-order chi connectivity index (χ0) is 24.4. The molecular weight excluding hydrogens is 486 g/mol. The van der Waals surface area contributed by atoms with Crippen molar-refractivity contribution < 1.29 is 30.0 Å². The maximum Gasteiger partial charge on any atom is 0.209 e. The monoisotopic (exact) mass is 515 g/mol. The second kappa shape index (κ2) is 9.73. The first-order valence-electron chi connectivity index (χ1n) is 10.6. The molecule has 3 rings (SSSR count). The van der Waals surface area contributed by atoms with Gasteiger partial charge in [-0.25, -0.2) is 30.0 Å². The standard InChI is InChI=1S/C22H29NO7S3/c1-16(23-31(3,24)25)17-9-12-20(13-10-17)32(26,27)21-14-11-18(30-2)15-22(21)33(28,29)19-7-5-4-6-8-19/h9-16,19,23H,4-8H2,1-3H3/t16-/m0/s1. The van der Waals surface area contributed by atoms with Crippen molar-refractivity contribution in [3.05, 3.63) is 48.0 Å². The predicted molar refractivity (Wildman–Crippen MR) is 125 cm³/mol. The number of hydrogen-bond donors (Lipinski definition) is 1. The van der Waals surface area contributed by atoms with E-state index in [1.54, 1.807) is 6.92 Å². The summed E-state index contributed by atoms with van der Waals surface area (Å²) >= 11 is 0. The van der Waals surface area contributed by atoms with E-state index in [2.05, 4.69) is 4.72 Å². The number of nitrogens with one attached hydrogen (secondary N) is 1. The molecule has 0 saturated heterocycles. The van der Waals surface area contributed by atoms with Crippen LogP contribution in [0.2, 0.25) is 0 Å². The van der Waals surface area contributed by atoms with Gasteiger partial charge in [0.15, 0.2) is 9.84 Å². The number of ether oxygens (including phenoxy) is 1. The summed E-state index contributed by atoms with van der Waals surface area (Å²) in [7, 11) is -10.1. The number of sulfone groups is 2. The van der Waals surface area contributed by atoms with Crippen molar-refractivity contribution in [2.75, 3.05) is 13.4 Å². The fourth-order valence-corrected chi connectivity index (χ4v) is 8.78. The average molecular weight is 516 g/mol. The highest BCUT2D eigenvalue weighted by Crippen LogP contribution is 2.36. The average Bonchev–Trinajstić information content (AvgIpc) is 2.78. The van der Waals surface area contributed by atoms with Gasteiger partial charge in [-0.2, -0.15) is 0 Å². The topological polar surface area (TPSA) is 124 Å². The molecule has 1 aliphatic rings. The van der Waals surface area contributed by atoms with Crippen LogP contribution in [0.3, 0.4) is 0 Å². The van der Waals surface area contributed by atoms with E-state index in [1.165, 1.54) is 49.6 Å². The minimum Gasteiger partial charge on any atom is -0.497 e. The third-order valence-corrected chi connectivity index (χ3v) is 10.9. The lowest BCUT2D eigenvalue weighted by atomic mass is 10.0. The van der Waals surface area contributed by atoms with Gasteiger partial charge in [0, 0.05) is 12.1 Å². The highest BCUT2D eigenvalue weighted by Gasteiger charge is 2.35. The van der Waals surface area contributed by atoms with Gasteiger partial charge in [-0.15, -0.1) is 0 Å². The van der Waals surface area contributed by atoms with Gasteiger partial charge < -0.3 is 4.74 Å². The van der Waals surface area contributed by atoms with Crippen LogP contribution < -0.4 is 9.46 Å². The predicted octanol–water partition coefficient (Wildman–Crippen LogP) is 3.24. The Labute approximate surface area is 196 Å². The third kappa shape index (κ3) is 5.76. The lowest BCUT2D eigenvalue weighted by molar-refractivity contribution is 0.412. The van der Waals surface area contributed by atoms with Gasteiger partial charge in [0.1, 0.15) is 5.75 Å². The highest BCUT2D eigenvalue weighted by atomic mass is 32.2. The number of sulfonamides is 1. The van der Waals surface area contributed by atoms with Crippen LogP contribution in [0.5, 0.6) is 5.75 Å². The molecule has 1 N–H and O–H groups in total. The minimum atomic E-state index is -4.17. The largest absolute Gasteiger partial charge is 0.497 e. The van der Waals surface area contributed by atoms with Crippen molar-refractivity contribution in [1.29, 1.82) is 0 Å². The Hall–Kier alpha value is -1.95. The van der Waals surface area contributed by atoms with Gasteiger partial charge in [0.05, 0.1) is 33.3 Å². The van der Waals surface area contributed by atoms with Gasteiger partial charge in [-0.05, 0) is 49.6 Å².